The first-order valence-electron chi connectivity index (χ1n) is 6.87. The third-order valence-corrected chi connectivity index (χ3v) is 4.30. The highest BCUT2D eigenvalue weighted by atomic mass is 15.4. The van der Waals surface area contributed by atoms with E-state index in [-0.39, 0.29) is 11.5 Å². The first-order valence-corrected chi connectivity index (χ1v) is 6.87. The maximum absolute atomic E-state index is 6.12. The maximum atomic E-state index is 6.12. The lowest BCUT2D eigenvalue weighted by Crippen LogP contribution is -2.48. The zero-order chi connectivity index (χ0) is 13.3. The maximum Gasteiger partial charge on any atom is 0.244 e. The standard InChI is InChI=1S/C13H25N5/c1-5-13(3,4)11-15-12(17-16-11)18-7-6-9(2)10(14)8-18/h9-10H,5-8,14H2,1-4H3,(H,15,16,17). The number of nitrogens with zero attached hydrogens (tertiary/aromatic N) is 3. The molecule has 18 heavy (non-hydrogen) atoms. The van der Waals surface area contributed by atoms with E-state index in [1.54, 1.807) is 0 Å². The summed E-state index contributed by atoms with van der Waals surface area (Å²) in [5.41, 5.74) is 6.17. The van der Waals surface area contributed by atoms with E-state index in [4.69, 9.17) is 5.73 Å². The van der Waals surface area contributed by atoms with Crippen LogP contribution in [0.5, 0.6) is 0 Å². The van der Waals surface area contributed by atoms with Crippen LogP contribution < -0.4 is 10.6 Å². The van der Waals surface area contributed by atoms with Crippen molar-refractivity contribution in [1.29, 1.82) is 0 Å². The Morgan fingerprint density at radius 2 is 2.22 bits per heavy atom. The number of nitrogens with one attached hydrogen (secondary N) is 1. The van der Waals surface area contributed by atoms with Gasteiger partial charge in [0.2, 0.25) is 5.95 Å². The van der Waals surface area contributed by atoms with Gasteiger partial charge < -0.3 is 10.6 Å². The second-order valence-corrected chi connectivity index (χ2v) is 6.10. The molecule has 0 radical (unpaired) electrons. The highest BCUT2D eigenvalue weighted by molar-refractivity contribution is 5.31. The predicted molar refractivity (Wildman–Crippen MR) is 73.7 cm³/mol. The average molecular weight is 251 g/mol. The summed E-state index contributed by atoms with van der Waals surface area (Å²) in [7, 11) is 0. The largest absolute Gasteiger partial charge is 0.338 e. The number of aromatic nitrogens is 3. The summed E-state index contributed by atoms with van der Waals surface area (Å²) in [5.74, 6) is 2.35. The molecule has 2 rings (SSSR count). The Morgan fingerprint density at radius 1 is 1.50 bits per heavy atom. The van der Waals surface area contributed by atoms with E-state index in [1.807, 2.05) is 0 Å². The number of piperidine rings is 1. The van der Waals surface area contributed by atoms with Crippen LogP contribution in [0.3, 0.4) is 0 Å². The molecule has 1 aliphatic heterocycles. The van der Waals surface area contributed by atoms with Gasteiger partial charge in [0.1, 0.15) is 5.82 Å². The quantitative estimate of drug-likeness (QED) is 0.857. The van der Waals surface area contributed by atoms with E-state index in [0.717, 1.165) is 37.7 Å². The predicted octanol–water partition coefficient (Wildman–Crippen LogP) is 1.67. The second kappa shape index (κ2) is 4.88. The first kappa shape index (κ1) is 13.3. The molecule has 102 valence electrons. The zero-order valence-corrected chi connectivity index (χ0v) is 11.9. The number of anilines is 1. The van der Waals surface area contributed by atoms with Crippen LogP contribution in [0.1, 0.15) is 46.4 Å². The molecule has 1 aromatic rings. The van der Waals surface area contributed by atoms with Crippen molar-refractivity contribution < 1.29 is 0 Å². The summed E-state index contributed by atoms with van der Waals surface area (Å²) >= 11 is 0. The monoisotopic (exact) mass is 251 g/mol. The Labute approximate surface area is 109 Å². The van der Waals surface area contributed by atoms with Gasteiger partial charge in [-0.1, -0.05) is 27.7 Å². The van der Waals surface area contributed by atoms with Gasteiger partial charge in [0.05, 0.1) is 0 Å². The molecule has 0 saturated carbocycles. The van der Waals surface area contributed by atoms with Crippen LogP contribution in [0.4, 0.5) is 5.95 Å². The van der Waals surface area contributed by atoms with Crippen molar-refractivity contribution in [1.82, 2.24) is 15.2 Å². The molecule has 1 aliphatic rings. The van der Waals surface area contributed by atoms with Crippen LogP contribution in [-0.4, -0.2) is 34.3 Å². The molecule has 0 amide bonds. The Balaban J connectivity index is 2.11. The first-order chi connectivity index (χ1) is 8.44. The normalized spacial score (nSPS) is 25.5. The van der Waals surface area contributed by atoms with Crippen LogP contribution in [-0.2, 0) is 5.41 Å². The third-order valence-electron chi connectivity index (χ3n) is 4.30. The molecule has 0 aliphatic carbocycles. The smallest absolute Gasteiger partial charge is 0.244 e. The topological polar surface area (TPSA) is 70.8 Å². The van der Waals surface area contributed by atoms with Crippen molar-refractivity contribution in [3.63, 3.8) is 0 Å². The van der Waals surface area contributed by atoms with Gasteiger partial charge in [-0.2, -0.15) is 4.98 Å². The Bertz CT molecular complexity index is 398. The molecule has 5 heteroatoms. The number of nitrogens with two attached hydrogens (primary N) is 1. The molecule has 0 bridgehead atoms. The van der Waals surface area contributed by atoms with Crippen LogP contribution in [0, 0.1) is 5.92 Å². The highest BCUT2D eigenvalue weighted by Crippen LogP contribution is 2.26. The summed E-state index contributed by atoms with van der Waals surface area (Å²) in [6, 6.07) is 0.222. The summed E-state index contributed by atoms with van der Waals surface area (Å²) in [4.78, 5) is 6.83. The molecular formula is C13H25N5. The van der Waals surface area contributed by atoms with E-state index < -0.39 is 0 Å². The Morgan fingerprint density at radius 3 is 2.83 bits per heavy atom. The van der Waals surface area contributed by atoms with Crippen LogP contribution in [0.2, 0.25) is 0 Å². The van der Waals surface area contributed by atoms with Crippen molar-refractivity contribution in [3.05, 3.63) is 5.82 Å². The van der Waals surface area contributed by atoms with Crippen LogP contribution in [0.15, 0.2) is 0 Å². The molecule has 0 spiro atoms. The van der Waals surface area contributed by atoms with Gasteiger partial charge in [0.15, 0.2) is 0 Å². The number of aromatic amines is 1. The van der Waals surface area contributed by atoms with Crippen molar-refractivity contribution in [3.8, 4) is 0 Å². The zero-order valence-electron chi connectivity index (χ0n) is 11.9. The van der Waals surface area contributed by atoms with E-state index in [1.165, 1.54) is 0 Å². The van der Waals surface area contributed by atoms with Crippen molar-refractivity contribution in [2.45, 2.75) is 52.0 Å². The second-order valence-electron chi connectivity index (χ2n) is 6.10. The Kier molecular flexibility index (Phi) is 3.61. The molecular weight excluding hydrogens is 226 g/mol. The summed E-state index contributed by atoms with van der Waals surface area (Å²) in [5, 5.41) is 7.42. The minimum Gasteiger partial charge on any atom is -0.338 e. The summed E-state index contributed by atoms with van der Waals surface area (Å²) < 4.78 is 0. The van der Waals surface area contributed by atoms with Crippen molar-refractivity contribution in [2.75, 3.05) is 18.0 Å². The molecule has 1 aromatic heterocycles. The van der Waals surface area contributed by atoms with Gasteiger partial charge in [-0.15, -0.1) is 5.10 Å². The number of rotatable bonds is 3. The van der Waals surface area contributed by atoms with Gasteiger partial charge in [-0.25, -0.2) is 0 Å². The lowest BCUT2D eigenvalue weighted by molar-refractivity contribution is 0.376. The molecule has 5 nitrogen and oxygen atoms in total. The summed E-state index contributed by atoms with van der Waals surface area (Å²) in [6.45, 7) is 10.6. The molecule has 1 saturated heterocycles. The molecule has 2 heterocycles. The highest BCUT2D eigenvalue weighted by Gasteiger charge is 2.28. The van der Waals surface area contributed by atoms with Gasteiger partial charge in [0.25, 0.3) is 0 Å². The fraction of sp³-hybridized carbons (Fsp3) is 0.846. The lowest BCUT2D eigenvalue weighted by Gasteiger charge is -2.34. The SMILES string of the molecule is CCC(C)(C)c1nc(N2CCC(C)C(N)C2)n[nH]1. The van der Waals surface area contributed by atoms with Gasteiger partial charge >= 0.3 is 0 Å². The fourth-order valence-electron chi connectivity index (χ4n) is 2.15. The molecule has 0 aromatic carbocycles. The molecule has 3 N–H and O–H groups in total. The third kappa shape index (κ3) is 2.51. The van der Waals surface area contributed by atoms with Crippen LogP contribution in [0.25, 0.3) is 0 Å². The minimum absolute atomic E-state index is 0.0520. The van der Waals surface area contributed by atoms with Gasteiger partial charge in [0, 0.05) is 24.5 Å². The van der Waals surface area contributed by atoms with Gasteiger partial charge in [-0.05, 0) is 18.8 Å². The van der Waals surface area contributed by atoms with Crippen molar-refractivity contribution >= 4 is 5.95 Å². The molecule has 1 fully saturated rings. The van der Waals surface area contributed by atoms with E-state index in [0.29, 0.717) is 5.92 Å². The minimum atomic E-state index is 0.0520. The average Bonchev–Trinajstić information content (AvgIpc) is 2.83. The fourth-order valence-corrected chi connectivity index (χ4v) is 2.15. The van der Waals surface area contributed by atoms with E-state index >= 15 is 0 Å². The van der Waals surface area contributed by atoms with Gasteiger partial charge in [-0.3, -0.25) is 5.10 Å². The molecule has 2 unspecified atom stereocenters. The van der Waals surface area contributed by atoms with Crippen LogP contribution >= 0.6 is 0 Å². The van der Waals surface area contributed by atoms with E-state index in [9.17, 15) is 0 Å². The number of H-pyrrole nitrogens is 1. The summed E-state index contributed by atoms with van der Waals surface area (Å²) in [6.07, 6.45) is 2.15. The molecule has 2 atom stereocenters. The Hall–Kier alpha value is -1.10. The van der Waals surface area contributed by atoms with Crippen molar-refractivity contribution in [2.24, 2.45) is 11.7 Å². The number of hydrogen-bond donors (Lipinski definition) is 2. The number of hydrogen-bond acceptors (Lipinski definition) is 4. The lowest BCUT2D eigenvalue weighted by atomic mass is 9.90. The van der Waals surface area contributed by atoms with E-state index in [2.05, 4.69) is 47.8 Å².